The number of methoxy groups -OCH3 is 1. The summed E-state index contributed by atoms with van der Waals surface area (Å²) in [6.45, 7) is 1.60. The number of ketones is 1. The maximum absolute atomic E-state index is 13.2. The van der Waals surface area contributed by atoms with Crippen LogP contribution in [0, 0.1) is 6.92 Å². The molecular formula is C21H22N4O6. The van der Waals surface area contributed by atoms with E-state index in [-0.39, 0.29) is 31.0 Å². The third-order valence-electron chi connectivity index (χ3n) is 5.88. The minimum absolute atomic E-state index is 0.200. The van der Waals surface area contributed by atoms with Crippen LogP contribution in [0.5, 0.6) is 0 Å². The molecule has 3 heterocycles. The van der Waals surface area contributed by atoms with Crippen LogP contribution >= 0.6 is 0 Å². The topological polar surface area (TPSA) is 138 Å². The SMILES string of the molecule is COC1=CC2=C(CC1)CN(C[C@@]1(C(=O)Cc3c[nH]c(=O)c(C)c3)NC(=O)NC1=O)C2=O. The summed E-state index contributed by atoms with van der Waals surface area (Å²) in [5.74, 6) is -0.993. The van der Waals surface area contributed by atoms with Crippen molar-refractivity contribution in [2.24, 2.45) is 0 Å². The molecule has 1 fully saturated rings. The van der Waals surface area contributed by atoms with Crippen LogP contribution in [-0.4, -0.2) is 59.3 Å². The van der Waals surface area contributed by atoms with Crippen molar-refractivity contribution >= 4 is 23.6 Å². The summed E-state index contributed by atoms with van der Waals surface area (Å²) in [6.07, 6.45) is 4.20. The van der Waals surface area contributed by atoms with E-state index in [0.29, 0.717) is 35.3 Å². The van der Waals surface area contributed by atoms with Gasteiger partial charge in [0, 0.05) is 36.7 Å². The smallest absolute Gasteiger partial charge is 0.322 e. The quantitative estimate of drug-likeness (QED) is 0.427. The Bertz CT molecular complexity index is 1130. The average Bonchev–Trinajstić information content (AvgIpc) is 3.20. The number of rotatable bonds is 6. The zero-order valence-corrected chi connectivity index (χ0v) is 17.2. The van der Waals surface area contributed by atoms with Gasteiger partial charge in [-0.05, 0) is 36.6 Å². The lowest BCUT2D eigenvalue weighted by atomic mass is 9.89. The van der Waals surface area contributed by atoms with E-state index < -0.39 is 23.3 Å². The van der Waals surface area contributed by atoms with Crippen molar-refractivity contribution in [3.63, 3.8) is 0 Å². The second-order valence-corrected chi connectivity index (χ2v) is 7.93. The van der Waals surface area contributed by atoms with Crippen LogP contribution in [-0.2, 0) is 25.5 Å². The zero-order valence-electron chi connectivity index (χ0n) is 17.2. The Morgan fingerprint density at radius 1 is 1.23 bits per heavy atom. The van der Waals surface area contributed by atoms with Gasteiger partial charge in [0.05, 0.1) is 19.4 Å². The van der Waals surface area contributed by atoms with Crippen molar-refractivity contribution in [1.82, 2.24) is 20.5 Å². The summed E-state index contributed by atoms with van der Waals surface area (Å²) in [4.78, 5) is 66.4. The van der Waals surface area contributed by atoms with Gasteiger partial charge >= 0.3 is 6.03 Å². The molecule has 10 heteroatoms. The third-order valence-corrected chi connectivity index (χ3v) is 5.88. The van der Waals surface area contributed by atoms with Gasteiger partial charge in [-0.2, -0.15) is 0 Å². The predicted molar refractivity (Wildman–Crippen MR) is 108 cm³/mol. The number of urea groups is 1. The van der Waals surface area contributed by atoms with E-state index in [1.54, 1.807) is 26.2 Å². The molecule has 1 aromatic rings. The van der Waals surface area contributed by atoms with Crippen molar-refractivity contribution in [3.8, 4) is 0 Å². The summed E-state index contributed by atoms with van der Waals surface area (Å²) >= 11 is 0. The number of ether oxygens (including phenoxy) is 1. The minimum Gasteiger partial charge on any atom is -0.501 e. The number of nitrogens with one attached hydrogen (secondary N) is 3. The van der Waals surface area contributed by atoms with Crippen LogP contribution in [0.15, 0.2) is 40.0 Å². The molecule has 1 aliphatic carbocycles. The number of carbonyl (C=O) groups excluding carboxylic acids is 4. The number of aromatic amines is 1. The summed E-state index contributed by atoms with van der Waals surface area (Å²) in [7, 11) is 1.54. The van der Waals surface area contributed by atoms with Crippen molar-refractivity contribution < 1.29 is 23.9 Å². The highest BCUT2D eigenvalue weighted by Gasteiger charge is 2.54. The highest BCUT2D eigenvalue weighted by Crippen LogP contribution is 2.32. The number of Topliss-reactive ketones (excluding diaryl/α,β-unsaturated/α-hetero) is 1. The maximum Gasteiger partial charge on any atom is 0.322 e. The molecule has 2 aliphatic heterocycles. The molecule has 4 rings (SSSR count). The highest BCUT2D eigenvalue weighted by molar-refractivity contribution is 6.21. The highest BCUT2D eigenvalue weighted by atomic mass is 16.5. The number of hydrogen-bond acceptors (Lipinski definition) is 6. The van der Waals surface area contributed by atoms with E-state index >= 15 is 0 Å². The number of amides is 4. The van der Waals surface area contributed by atoms with E-state index in [1.807, 2.05) is 0 Å². The van der Waals surface area contributed by atoms with E-state index in [4.69, 9.17) is 4.74 Å². The van der Waals surface area contributed by atoms with E-state index in [9.17, 15) is 24.0 Å². The number of aryl methyl sites for hydroxylation is 1. The fourth-order valence-corrected chi connectivity index (χ4v) is 4.15. The van der Waals surface area contributed by atoms with Gasteiger partial charge in [0.25, 0.3) is 17.4 Å². The second kappa shape index (κ2) is 7.53. The van der Waals surface area contributed by atoms with Gasteiger partial charge in [-0.25, -0.2) is 4.79 Å². The van der Waals surface area contributed by atoms with Crippen molar-refractivity contribution in [2.45, 2.75) is 31.7 Å². The number of pyridine rings is 1. The Morgan fingerprint density at radius 2 is 2.00 bits per heavy atom. The van der Waals surface area contributed by atoms with Crippen LogP contribution in [0.4, 0.5) is 4.79 Å². The molecule has 3 aliphatic rings. The van der Waals surface area contributed by atoms with Crippen LogP contribution in [0.3, 0.4) is 0 Å². The molecule has 0 spiro atoms. The van der Waals surface area contributed by atoms with Crippen LogP contribution < -0.4 is 16.2 Å². The van der Waals surface area contributed by atoms with E-state index in [2.05, 4.69) is 15.6 Å². The van der Waals surface area contributed by atoms with Gasteiger partial charge in [-0.15, -0.1) is 0 Å². The maximum atomic E-state index is 13.2. The van der Waals surface area contributed by atoms with Crippen LogP contribution in [0.2, 0.25) is 0 Å². The number of imide groups is 1. The molecule has 162 valence electrons. The van der Waals surface area contributed by atoms with Gasteiger partial charge in [0.15, 0.2) is 11.3 Å². The fraction of sp³-hybridized carbons (Fsp3) is 0.381. The van der Waals surface area contributed by atoms with Gasteiger partial charge in [0.2, 0.25) is 0 Å². The van der Waals surface area contributed by atoms with E-state index in [0.717, 1.165) is 5.57 Å². The lowest BCUT2D eigenvalue weighted by molar-refractivity contribution is -0.136. The molecule has 0 radical (unpaired) electrons. The molecule has 0 unspecified atom stereocenters. The zero-order chi connectivity index (χ0) is 22.3. The molecular weight excluding hydrogens is 404 g/mol. The van der Waals surface area contributed by atoms with Gasteiger partial charge in [-0.1, -0.05) is 0 Å². The second-order valence-electron chi connectivity index (χ2n) is 7.93. The lowest BCUT2D eigenvalue weighted by Crippen LogP contribution is -2.61. The molecule has 3 N–H and O–H groups in total. The third kappa shape index (κ3) is 3.54. The Kier molecular flexibility index (Phi) is 5.00. The number of hydrogen-bond donors (Lipinski definition) is 3. The summed E-state index contributed by atoms with van der Waals surface area (Å²) in [6, 6.07) is 0.763. The first-order valence-electron chi connectivity index (χ1n) is 9.84. The Hall–Kier alpha value is -3.69. The standard InChI is InChI=1S/C21H22N4O6/c1-11-5-12(8-22-17(11)27)6-16(26)21(19(29)23-20(30)24-21)10-25-9-13-3-4-14(31-2)7-15(13)18(25)28/h5,7-8H,3-4,6,9-10H2,1-2H3,(H,22,27)(H2,23,24,29,30)/t21-/m0/s1. The molecule has 1 aromatic heterocycles. The van der Waals surface area contributed by atoms with Crippen LogP contribution in [0.25, 0.3) is 0 Å². The largest absolute Gasteiger partial charge is 0.501 e. The number of allylic oxidation sites excluding steroid dienone is 1. The molecule has 0 saturated carbocycles. The number of carbonyl (C=O) groups is 4. The van der Waals surface area contributed by atoms with Crippen molar-refractivity contribution in [3.05, 3.63) is 56.7 Å². The summed E-state index contributed by atoms with van der Waals surface area (Å²) in [5, 5.41) is 4.55. The first kappa shape index (κ1) is 20.6. The normalized spacial score (nSPS) is 22.8. The predicted octanol–water partition coefficient (Wildman–Crippen LogP) is -0.164. The van der Waals surface area contributed by atoms with Gasteiger partial charge < -0.3 is 19.9 Å². The monoisotopic (exact) mass is 426 g/mol. The Balaban J connectivity index is 1.60. The molecule has 4 amide bonds. The molecule has 1 atom stereocenters. The van der Waals surface area contributed by atoms with Gasteiger partial charge in [0.1, 0.15) is 0 Å². The number of H-pyrrole nitrogens is 1. The van der Waals surface area contributed by atoms with Crippen molar-refractivity contribution in [1.29, 1.82) is 0 Å². The molecule has 31 heavy (non-hydrogen) atoms. The summed E-state index contributed by atoms with van der Waals surface area (Å²) < 4.78 is 5.25. The Labute approximate surface area is 177 Å². The molecule has 10 nitrogen and oxygen atoms in total. The minimum atomic E-state index is -1.90. The number of aromatic nitrogens is 1. The van der Waals surface area contributed by atoms with Crippen LogP contribution in [0.1, 0.15) is 24.0 Å². The van der Waals surface area contributed by atoms with E-state index in [1.165, 1.54) is 11.1 Å². The first-order valence-corrected chi connectivity index (χ1v) is 9.84. The molecule has 1 saturated heterocycles. The lowest BCUT2D eigenvalue weighted by Gasteiger charge is -2.30. The number of nitrogens with zero attached hydrogens (tertiary/aromatic N) is 1. The molecule has 0 aromatic carbocycles. The average molecular weight is 426 g/mol. The summed E-state index contributed by atoms with van der Waals surface area (Å²) in [5.41, 5.74) is 0.153. The van der Waals surface area contributed by atoms with Gasteiger partial charge in [-0.3, -0.25) is 24.5 Å². The van der Waals surface area contributed by atoms with Crippen molar-refractivity contribution in [2.75, 3.05) is 20.2 Å². The molecule has 0 bridgehead atoms. The fourth-order valence-electron chi connectivity index (χ4n) is 4.15. The Morgan fingerprint density at radius 3 is 2.65 bits per heavy atom. The first-order chi connectivity index (χ1) is 14.7.